The maximum atomic E-state index is 12.7. The van der Waals surface area contributed by atoms with Gasteiger partial charge in [0.2, 0.25) is 5.36 Å². The number of allylic oxidation sites excluding steroid dienone is 2. The number of hydrogen-bond donors (Lipinski definition) is 0. The third kappa shape index (κ3) is 6.35. The molecule has 53 heavy (non-hydrogen) atoms. The molecular weight excluding hydrogens is 756 g/mol. The number of carbonyl (C=O) groups is 3. The Labute approximate surface area is 328 Å². The molecule has 2 amide bonds. The van der Waals surface area contributed by atoms with E-state index in [1.165, 1.54) is 0 Å². The molecular formula is C41H40Cl4N3O5+. The number of rotatable bonds is 7. The second-order valence-electron chi connectivity index (χ2n) is 15.1. The molecule has 0 spiro atoms. The number of hydrogen-bond acceptors (Lipinski definition) is 6. The number of likely N-dealkylation sites (N-methyl/N-ethyl adjacent to an activating group) is 1. The first kappa shape index (κ1) is 37.5. The van der Waals surface area contributed by atoms with E-state index in [2.05, 4.69) is 88.3 Å². The van der Waals surface area contributed by atoms with E-state index in [1.807, 2.05) is 6.07 Å². The van der Waals surface area contributed by atoms with Gasteiger partial charge >= 0.3 is 5.97 Å². The second-order valence-corrected chi connectivity index (χ2v) is 16.6. The topological polar surface area (TPSA) is 79.2 Å². The number of halogens is 4. The van der Waals surface area contributed by atoms with Crippen LogP contribution in [0, 0.1) is 0 Å². The second kappa shape index (κ2) is 13.5. The summed E-state index contributed by atoms with van der Waals surface area (Å²) in [4.78, 5) is 44.2. The molecule has 0 bridgehead atoms. The number of imide groups is 1. The van der Waals surface area contributed by atoms with Crippen LogP contribution >= 0.6 is 46.4 Å². The molecule has 4 aliphatic heterocycles. The molecule has 0 aromatic heterocycles. The zero-order valence-corrected chi connectivity index (χ0v) is 33.7. The highest BCUT2D eigenvalue weighted by Crippen LogP contribution is 2.49. The van der Waals surface area contributed by atoms with Crippen molar-refractivity contribution in [3.8, 4) is 11.5 Å². The van der Waals surface area contributed by atoms with Crippen molar-refractivity contribution in [1.29, 1.82) is 0 Å². The van der Waals surface area contributed by atoms with Crippen molar-refractivity contribution in [2.24, 2.45) is 0 Å². The SMILES string of the molecule is CCN1c2cc3c(cc2C(C)=CC1(C)C)C(c1cc(Cl)c(Cl)c(Cl)c1Cl)=c1cc2c(cc1O3)=[N+](CCCC(=O)ON1C(=O)CCC1=O)C(C)(C)C=C2C. The van der Waals surface area contributed by atoms with Crippen LogP contribution in [0.5, 0.6) is 11.5 Å². The molecule has 0 aliphatic carbocycles. The summed E-state index contributed by atoms with van der Waals surface area (Å²) in [6.07, 6.45) is 5.02. The normalized spacial score (nSPS) is 18.2. The van der Waals surface area contributed by atoms with Gasteiger partial charge in [0.15, 0.2) is 5.54 Å². The molecule has 1 saturated heterocycles. The maximum absolute atomic E-state index is 12.7. The first-order valence-corrected chi connectivity index (χ1v) is 19.2. The van der Waals surface area contributed by atoms with Crippen LogP contribution in [0.2, 0.25) is 20.1 Å². The van der Waals surface area contributed by atoms with Crippen molar-refractivity contribution in [3.63, 3.8) is 0 Å². The zero-order valence-electron chi connectivity index (χ0n) is 30.7. The molecule has 3 aromatic carbocycles. The largest absolute Gasteiger partial charge is 0.456 e. The molecule has 7 rings (SSSR count). The molecule has 8 nitrogen and oxygen atoms in total. The van der Waals surface area contributed by atoms with E-state index in [1.54, 1.807) is 6.07 Å². The summed E-state index contributed by atoms with van der Waals surface area (Å²) in [5.74, 6) is -0.345. The Morgan fingerprint density at radius 2 is 1.51 bits per heavy atom. The van der Waals surface area contributed by atoms with Crippen LogP contribution in [0.25, 0.3) is 16.7 Å². The number of carbonyl (C=O) groups excluding carboxylic acids is 3. The minimum atomic E-state index is -0.630. The molecule has 0 unspecified atom stereocenters. The number of benzene rings is 3. The molecule has 0 radical (unpaired) electrons. The van der Waals surface area contributed by atoms with Crippen LogP contribution in [0.15, 0.2) is 42.5 Å². The average Bonchev–Trinajstić information content (AvgIpc) is 3.40. The van der Waals surface area contributed by atoms with Gasteiger partial charge in [0.05, 0.1) is 38.1 Å². The van der Waals surface area contributed by atoms with Crippen molar-refractivity contribution < 1.29 is 24.0 Å². The lowest BCUT2D eigenvalue weighted by atomic mass is 9.84. The highest BCUT2D eigenvalue weighted by molar-refractivity contribution is 6.52. The fourth-order valence-corrected chi connectivity index (χ4v) is 9.15. The van der Waals surface area contributed by atoms with Gasteiger partial charge in [0.25, 0.3) is 11.8 Å². The molecule has 276 valence electrons. The lowest BCUT2D eigenvalue weighted by Gasteiger charge is -2.43. The molecule has 4 heterocycles. The number of fused-ring (bicyclic) bond motifs is 4. The number of amides is 2. The third-order valence-electron chi connectivity index (χ3n) is 10.6. The van der Waals surface area contributed by atoms with Crippen molar-refractivity contribution in [1.82, 2.24) is 9.64 Å². The lowest BCUT2D eigenvalue weighted by molar-refractivity contribution is -0.197. The highest BCUT2D eigenvalue weighted by atomic mass is 35.5. The van der Waals surface area contributed by atoms with E-state index in [0.717, 1.165) is 56.2 Å². The van der Waals surface area contributed by atoms with Crippen LogP contribution in [-0.2, 0) is 19.2 Å². The first-order chi connectivity index (χ1) is 24.9. The fraction of sp³-hybridized carbons (Fsp3) is 0.366. The summed E-state index contributed by atoms with van der Waals surface area (Å²) in [6, 6.07) is 10.2. The zero-order chi connectivity index (χ0) is 38.3. The van der Waals surface area contributed by atoms with Gasteiger partial charge in [0, 0.05) is 84.5 Å². The van der Waals surface area contributed by atoms with Gasteiger partial charge in [-0.1, -0.05) is 52.5 Å². The van der Waals surface area contributed by atoms with Crippen LogP contribution in [0.4, 0.5) is 5.69 Å². The number of anilines is 1. The summed E-state index contributed by atoms with van der Waals surface area (Å²) >= 11 is 26.9. The van der Waals surface area contributed by atoms with Crippen molar-refractivity contribution in [2.45, 2.75) is 85.2 Å². The van der Waals surface area contributed by atoms with Crippen LogP contribution in [0.3, 0.4) is 0 Å². The van der Waals surface area contributed by atoms with Gasteiger partial charge in [-0.05, 0) is 70.0 Å². The van der Waals surface area contributed by atoms with Crippen LogP contribution in [0.1, 0.15) is 96.4 Å². The average molecular weight is 797 g/mol. The van der Waals surface area contributed by atoms with Gasteiger partial charge in [-0.15, -0.1) is 5.06 Å². The predicted octanol–water partition coefficient (Wildman–Crippen LogP) is 8.75. The van der Waals surface area contributed by atoms with Crippen molar-refractivity contribution in [3.05, 3.63) is 95.4 Å². The van der Waals surface area contributed by atoms with Gasteiger partial charge in [0.1, 0.15) is 18.0 Å². The van der Waals surface area contributed by atoms with Crippen LogP contribution < -0.4 is 24.8 Å². The Morgan fingerprint density at radius 3 is 2.19 bits per heavy atom. The Hall–Kier alpha value is -3.82. The highest BCUT2D eigenvalue weighted by Gasteiger charge is 2.38. The number of ether oxygens (including phenoxy) is 1. The van der Waals surface area contributed by atoms with Gasteiger partial charge < -0.3 is 14.5 Å². The lowest BCUT2D eigenvalue weighted by Crippen LogP contribution is -2.50. The van der Waals surface area contributed by atoms with Crippen molar-refractivity contribution in [2.75, 3.05) is 18.0 Å². The quantitative estimate of drug-likeness (QED) is 0.0806. The predicted molar refractivity (Wildman–Crippen MR) is 211 cm³/mol. The Balaban J connectivity index is 1.42. The minimum absolute atomic E-state index is 0.0221. The molecule has 0 atom stereocenters. The summed E-state index contributed by atoms with van der Waals surface area (Å²) in [5.41, 5.74) is 7.04. The number of nitrogens with zero attached hydrogens (tertiary/aromatic N) is 3. The van der Waals surface area contributed by atoms with Gasteiger partial charge in [-0.2, -0.15) is 0 Å². The monoisotopic (exact) mass is 794 g/mol. The third-order valence-corrected chi connectivity index (χ3v) is 12.3. The first-order valence-electron chi connectivity index (χ1n) is 17.7. The van der Waals surface area contributed by atoms with Crippen LogP contribution in [-0.4, -0.2) is 47.0 Å². The van der Waals surface area contributed by atoms with Gasteiger partial charge in [-0.3, -0.25) is 9.59 Å². The van der Waals surface area contributed by atoms with E-state index in [0.29, 0.717) is 35.1 Å². The molecule has 12 heteroatoms. The molecule has 0 saturated carbocycles. The summed E-state index contributed by atoms with van der Waals surface area (Å²) in [5, 5.41) is 3.26. The van der Waals surface area contributed by atoms with Gasteiger partial charge in [-0.25, -0.2) is 9.37 Å². The summed E-state index contributed by atoms with van der Waals surface area (Å²) in [6.45, 7) is 16.3. The molecule has 4 aliphatic rings. The van der Waals surface area contributed by atoms with E-state index < -0.39 is 23.3 Å². The number of hydroxylamine groups is 2. The summed E-state index contributed by atoms with van der Waals surface area (Å²) in [7, 11) is 0. The smallest absolute Gasteiger partial charge is 0.333 e. The van der Waals surface area contributed by atoms with E-state index in [-0.39, 0.29) is 44.9 Å². The fourth-order valence-electron chi connectivity index (χ4n) is 8.25. The molecule has 3 aromatic rings. The van der Waals surface area contributed by atoms with E-state index >= 15 is 0 Å². The van der Waals surface area contributed by atoms with E-state index in [9.17, 15) is 14.4 Å². The molecule has 0 N–H and O–H groups in total. The molecule has 1 fully saturated rings. The minimum Gasteiger partial charge on any atom is -0.456 e. The Bertz CT molecular complexity index is 2350. The van der Waals surface area contributed by atoms with E-state index in [4.69, 9.17) is 56.0 Å². The maximum Gasteiger partial charge on any atom is 0.333 e. The standard InChI is InChI=1S/C41H40Cl4N3O5/c1-8-46-29-17-31-25(14-23(29)21(2)19-40(46,4)5)36(27-16-28(42)38(44)39(45)37(27)43)26-15-24-22(3)20-41(6,7)47(30(24)18-32(26)52-31)13-9-10-35(51)53-48-33(49)11-12-34(48)50/h14-20H,8-13H2,1-7H3/q+1. The summed E-state index contributed by atoms with van der Waals surface area (Å²) < 4.78 is 9.11. The Morgan fingerprint density at radius 1 is 0.830 bits per heavy atom. The Kier molecular flexibility index (Phi) is 9.54. The van der Waals surface area contributed by atoms with Crippen molar-refractivity contribution >= 4 is 86.6 Å².